The van der Waals surface area contributed by atoms with Gasteiger partial charge in [0, 0.05) is 50.6 Å². The topological polar surface area (TPSA) is 72.9 Å². The monoisotopic (exact) mass is 271 g/mol. The first-order valence-corrected chi connectivity index (χ1v) is 6.57. The molecule has 3 rings (SSSR count). The van der Waals surface area contributed by atoms with Crippen molar-refractivity contribution >= 4 is 5.65 Å². The van der Waals surface area contributed by atoms with Crippen LogP contribution in [0.1, 0.15) is 17.1 Å². The van der Waals surface area contributed by atoms with Crippen molar-refractivity contribution in [3.05, 3.63) is 41.9 Å². The highest BCUT2D eigenvalue weighted by atomic mass is 15.3. The smallest absolute Gasteiger partial charge is 0.155 e. The van der Waals surface area contributed by atoms with E-state index >= 15 is 0 Å². The van der Waals surface area contributed by atoms with Gasteiger partial charge in [-0.3, -0.25) is 0 Å². The Kier molecular flexibility index (Phi) is 3.42. The van der Waals surface area contributed by atoms with Gasteiger partial charge < -0.3 is 9.88 Å². The summed E-state index contributed by atoms with van der Waals surface area (Å²) < 4.78 is 3.75. The Hall–Kier alpha value is -2.28. The number of hydrogen-bond donors (Lipinski definition) is 1. The van der Waals surface area contributed by atoms with Crippen LogP contribution in [0.15, 0.2) is 24.8 Å². The summed E-state index contributed by atoms with van der Waals surface area (Å²) in [5.74, 6) is 0.980. The van der Waals surface area contributed by atoms with Gasteiger partial charge in [0.05, 0.1) is 5.69 Å². The van der Waals surface area contributed by atoms with E-state index in [-0.39, 0.29) is 0 Å². The van der Waals surface area contributed by atoms with Crippen molar-refractivity contribution in [2.24, 2.45) is 7.05 Å². The van der Waals surface area contributed by atoms with Crippen LogP contribution in [-0.4, -0.2) is 35.9 Å². The highest BCUT2D eigenvalue weighted by molar-refractivity contribution is 5.38. The first kappa shape index (κ1) is 12.7. The van der Waals surface area contributed by atoms with Crippen molar-refractivity contribution in [3.8, 4) is 0 Å². The lowest BCUT2D eigenvalue weighted by molar-refractivity contribution is 0.649. The van der Waals surface area contributed by atoms with Crippen LogP contribution in [-0.2, 0) is 20.0 Å². The highest BCUT2D eigenvalue weighted by Gasteiger charge is 2.02. The van der Waals surface area contributed by atoms with Gasteiger partial charge in [0.2, 0.25) is 0 Å². The zero-order valence-corrected chi connectivity index (χ0v) is 11.6. The number of aromatic nitrogens is 6. The van der Waals surface area contributed by atoms with Crippen LogP contribution in [0.2, 0.25) is 0 Å². The molecular weight excluding hydrogens is 254 g/mol. The van der Waals surface area contributed by atoms with Gasteiger partial charge in [-0.15, -0.1) is 10.2 Å². The van der Waals surface area contributed by atoms with Gasteiger partial charge in [0.1, 0.15) is 12.2 Å². The van der Waals surface area contributed by atoms with E-state index in [4.69, 9.17) is 0 Å². The van der Waals surface area contributed by atoms with E-state index in [1.54, 1.807) is 6.33 Å². The van der Waals surface area contributed by atoms with Gasteiger partial charge in [-0.25, -0.2) is 9.50 Å². The molecule has 3 heterocycles. The number of nitrogens with one attached hydrogen (secondary N) is 1. The fourth-order valence-electron chi connectivity index (χ4n) is 2.09. The normalized spacial score (nSPS) is 11.3. The maximum Gasteiger partial charge on any atom is 0.155 e. The van der Waals surface area contributed by atoms with Gasteiger partial charge in [0.25, 0.3) is 0 Å². The minimum absolute atomic E-state index is 0.764. The molecule has 0 fully saturated rings. The number of fused-ring (bicyclic) bond motifs is 1. The maximum absolute atomic E-state index is 4.38. The van der Waals surface area contributed by atoms with E-state index in [0.717, 1.165) is 42.2 Å². The summed E-state index contributed by atoms with van der Waals surface area (Å²) in [6.07, 6.45) is 6.46. The fraction of sp³-hybridized carbons (Fsp3) is 0.385. The molecule has 0 saturated heterocycles. The third-order valence-electron chi connectivity index (χ3n) is 3.15. The molecule has 0 aliphatic rings. The maximum atomic E-state index is 4.38. The molecule has 0 atom stereocenters. The Balaban J connectivity index is 1.55. The fourth-order valence-corrected chi connectivity index (χ4v) is 2.09. The number of aryl methyl sites for hydroxylation is 2. The SMILES string of the molecule is Cc1cc2ncc(CNCCc3nncn3C)cn2n1. The molecule has 1 N–H and O–H groups in total. The average molecular weight is 271 g/mol. The minimum Gasteiger partial charge on any atom is -0.321 e. The van der Waals surface area contributed by atoms with Crippen LogP contribution in [0.4, 0.5) is 0 Å². The summed E-state index contributed by atoms with van der Waals surface area (Å²) in [5, 5.41) is 15.6. The first-order valence-electron chi connectivity index (χ1n) is 6.57. The quantitative estimate of drug-likeness (QED) is 0.684. The van der Waals surface area contributed by atoms with Gasteiger partial charge in [-0.05, 0) is 6.92 Å². The van der Waals surface area contributed by atoms with E-state index in [0.29, 0.717) is 0 Å². The van der Waals surface area contributed by atoms with E-state index < -0.39 is 0 Å². The molecule has 0 aromatic carbocycles. The second-order valence-electron chi connectivity index (χ2n) is 4.84. The number of rotatable bonds is 5. The predicted molar refractivity (Wildman–Crippen MR) is 74.1 cm³/mol. The molecule has 0 radical (unpaired) electrons. The standard InChI is InChI=1S/C13H17N7/c1-10-5-13-15-7-11(8-20(13)18-10)6-14-4-3-12-17-16-9-19(12)2/h5,7-9,14H,3-4,6H2,1-2H3. The molecule has 0 aliphatic heterocycles. The Morgan fingerprint density at radius 1 is 1.35 bits per heavy atom. The summed E-state index contributed by atoms with van der Waals surface area (Å²) in [6, 6.07) is 1.96. The van der Waals surface area contributed by atoms with Crippen LogP contribution in [0.5, 0.6) is 0 Å². The molecule has 7 nitrogen and oxygen atoms in total. The van der Waals surface area contributed by atoms with Crippen molar-refractivity contribution in [1.29, 1.82) is 0 Å². The molecule has 3 aromatic heterocycles. The van der Waals surface area contributed by atoms with Crippen molar-refractivity contribution in [1.82, 2.24) is 34.7 Å². The summed E-state index contributed by atoms with van der Waals surface area (Å²) in [6.45, 7) is 3.58. The van der Waals surface area contributed by atoms with E-state index in [9.17, 15) is 0 Å². The Morgan fingerprint density at radius 2 is 2.25 bits per heavy atom. The van der Waals surface area contributed by atoms with Crippen LogP contribution in [0.25, 0.3) is 5.65 Å². The number of hydrogen-bond acceptors (Lipinski definition) is 5. The largest absolute Gasteiger partial charge is 0.321 e. The van der Waals surface area contributed by atoms with Crippen LogP contribution in [0.3, 0.4) is 0 Å². The molecule has 3 aromatic rings. The average Bonchev–Trinajstić information content (AvgIpc) is 2.99. The lowest BCUT2D eigenvalue weighted by atomic mass is 10.3. The van der Waals surface area contributed by atoms with Crippen molar-refractivity contribution in [2.45, 2.75) is 19.9 Å². The van der Waals surface area contributed by atoms with Crippen molar-refractivity contribution < 1.29 is 0 Å². The summed E-state index contributed by atoms with van der Waals surface area (Å²) in [7, 11) is 1.95. The molecule has 7 heteroatoms. The van der Waals surface area contributed by atoms with Crippen LogP contribution < -0.4 is 5.32 Å². The zero-order chi connectivity index (χ0) is 13.9. The molecule has 0 bridgehead atoms. The van der Waals surface area contributed by atoms with E-state index in [2.05, 4.69) is 25.6 Å². The van der Waals surface area contributed by atoms with Crippen molar-refractivity contribution in [2.75, 3.05) is 6.54 Å². The van der Waals surface area contributed by atoms with Crippen LogP contribution >= 0.6 is 0 Å². The minimum atomic E-state index is 0.764. The molecular formula is C13H17N7. The second kappa shape index (κ2) is 5.38. The second-order valence-corrected chi connectivity index (χ2v) is 4.84. The van der Waals surface area contributed by atoms with E-state index in [1.807, 2.05) is 41.5 Å². The molecule has 0 saturated carbocycles. The lowest BCUT2D eigenvalue weighted by Gasteiger charge is -2.04. The predicted octanol–water partition coefficient (Wildman–Crippen LogP) is 0.499. The molecule has 0 aliphatic carbocycles. The van der Waals surface area contributed by atoms with Crippen molar-refractivity contribution in [3.63, 3.8) is 0 Å². The van der Waals surface area contributed by atoms with Crippen LogP contribution in [0, 0.1) is 6.92 Å². The molecule has 0 amide bonds. The molecule has 0 unspecified atom stereocenters. The highest BCUT2D eigenvalue weighted by Crippen LogP contribution is 2.04. The molecule has 20 heavy (non-hydrogen) atoms. The van der Waals surface area contributed by atoms with E-state index in [1.165, 1.54) is 0 Å². The molecule has 0 spiro atoms. The van der Waals surface area contributed by atoms with Gasteiger partial charge in [-0.1, -0.05) is 0 Å². The number of nitrogens with zero attached hydrogens (tertiary/aromatic N) is 6. The first-order chi connectivity index (χ1) is 9.72. The third-order valence-corrected chi connectivity index (χ3v) is 3.15. The van der Waals surface area contributed by atoms with Gasteiger partial charge >= 0.3 is 0 Å². The Labute approximate surface area is 116 Å². The van der Waals surface area contributed by atoms with Gasteiger partial charge in [-0.2, -0.15) is 5.10 Å². The summed E-state index contributed by atoms with van der Waals surface area (Å²) >= 11 is 0. The molecule has 104 valence electrons. The zero-order valence-electron chi connectivity index (χ0n) is 11.6. The Morgan fingerprint density at radius 3 is 3.05 bits per heavy atom. The third kappa shape index (κ3) is 2.67. The summed E-state index contributed by atoms with van der Waals surface area (Å²) in [5.41, 5.74) is 2.97. The Bertz CT molecular complexity index is 712. The summed E-state index contributed by atoms with van der Waals surface area (Å²) in [4.78, 5) is 4.38. The van der Waals surface area contributed by atoms with Gasteiger partial charge in [0.15, 0.2) is 5.65 Å². The lowest BCUT2D eigenvalue weighted by Crippen LogP contribution is -2.18.